The molecule has 0 spiro atoms. The summed E-state index contributed by atoms with van der Waals surface area (Å²) >= 11 is 5.47. The van der Waals surface area contributed by atoms with Crippen LogP contribution in [0.5, 0.6) is 0 Å². The third-order valence-corrected chi connectivity index (χ3v) is 4.08. The SMILES string of the molecule is COC(=O)c1ccc(NS(=O)(=O)CCCCl)c(C)c1. The summed E-state index contributed by atoms with van der Waals surface area (Å²) in [7, 11) is -2.12. The third kappa shape index (κ3) is 4.72. The molecule has 0 aliphatic carbocycles. The molecule has 19 heavy (non-hydrogen) atoms. The minimum Gasteiger partial charge on any atom is -0.465 e. The lowest BCUT2D eigenvalue weighted by molar-refractivity contribution is 0.0600. The fourth-order valence-electron chi connectivity index (χ4n) is 1.49. The lowest BCUT2D eigenvalue weighted by atomic mass is 10.1. The van der Waals surface area contributed by atoms with Gasteiger partial charge in [-0.3, -0.25) is 4.72 Å². The van der Waals surface area contributed by atoms with E-state index in [2.05, 4.69) is 9.46 Å². The molecule has 5 nitrogen and oxygen atoms in total. The number of carbonyl (C=O) groups excluding carboxylic acids is 1. The number of alkyl halides is 1. The molecule has 0 aliphatic heterocycles. The average Bonchev–Trinajstić information content (AvgIpc) is 2.37. The number of methoxy groups -OCH3 is 1. The first-order chi connectivity index (χ1) is 8.89. The summed E-state index contributed by atoms with van der Waals surface area (Å²) in [6.07, 6.45) is 0.385. The highest BCUT2D eigenvalue weighted by molar-refractivity contribution is 7.92. The van der Waals surface area contributed by atoms with Gasteiger partial charge < -0.3 is 4.74 Å². The molecular weight excluding hydrogens is 290 g/mol. The van der Waals surface area contributed by atoms with Gasteiger partial charge in [0.05, 0.1) is 24.1 Å². The van der Waals surface area contributed by atoms with Crippen LogP contribution in [0.3, 0.4) is 0 Å². The maximum absolute atomic E-state index is 11.7. The Labute approximate surface area is 118 Å². The van der Waals surface area contributed by atoms with E-state index >= 15 is 0 Å². The normalized spacial score (nSPS) is 11.1. The topological polar surface area (TPSA) is 72.5 Å². The van der Waals surface area contributed by atoms with Crippen molar-refractivity contribution in [3.8, 4) is 0 Å². The average molecular weight is 306 g/mol. The number of sulfonamides is 1. The van der Waals surface area contributed by atoms with Crippen LogP contribution in [0.2, 0.25) is 0 Å². The van der Waals surface area contributed by atoms with Crippen molar-refractivity contribution in [3.63, 3.8) is 0 Å². The molecule has 0 aromatic heterocycles. The van der Waals surface area contributed by atoms with Crippen molar-refractivity contribution >= 4 is 33.3 Å². The first-order valence-electron chi connectivity index (χ1n) is 5.65. The van der Waals surface area contributed by atoms with Gasteiger partial charge in [-0.25, -0.2) is 13.2 Å². The van der Waals surface area contributed by atoms with Crippen LogP contribution < -0.4 is 4.72 Å². The summed E-state index contributed by atoms with van der Waals surface area (Å²) in [4.78, 5) is 11.3. The summed E-state index contributed by atoms with van der Waals surface area (Å²) in [6, 6.07) is 4.63. The molecule has 1 rings (SSSR count). The van der Waals surface area contributed by atoms with Gasteiger partial charge in [0.15, 0.2) is 0 Å². The highest BCUT2D eigenvalue weighted by Crippen LogP contribution is 2.18. The predicted octanol–water partition coefficient (Wildman–Crippen LogP) is 2.15. The number of hydrogen-bond acceptors (Lipinski definition) is 4. The van der Waals surface area contributed by atoms with Crippen LogP contribution in [0.25, 0.3) is 0 Å². The van der Waals surface area contributed by atoms with Crippen molar-refractivity contribution in [2.24, 2.45) is 0 Å². The van der Waals surface area contributed by atoms with E-state index < -0.39 is 16.0 Å². The fourth-order valence-corrected chi connectivity index (χ4v) is 2.97. The van der Waals surface area contributed by atoms with Crippen molar-refractivity contribution in [2.75, 3.05) is 23.5 Å². The predicted molar refractivity (Wildman–Crippen MR) is 75.3 cm³/mol. The van der Waals surface area contributed by atoms with Crippen LogP contribution in [0.1, 0.15) is 22.3 Å². The van der Waals surface area contributed by atoms with Crippen LogP contribution in [-0.4, -0.2) is 33.1 Å². The summed E-state index contributed by atoms with van der Waals surface area (Å²) in [5.41, 5.74) is 1.48. The molecule has 0 bridgehead atoms. The van der Waals surface area contributed by atoms with Gasteiger partial charge in [0.1, 0.15) is 0 Å². The first kappa shape index (κ1) is 15.8. The monoisotopic (exact) mass is 305 g/mol. The van der Waals surface area contributed by atoms with Crippen LogP contribution in [0, 0.1) is 6.92 Å². The van der Waals surface area contributed by atoms with Gasteiger partial charge in [-0.05, 0) is 37.1 Å². The maximum atomic E-state index is 11.7. The zero-order chi connectivity index (χ0) is 14.5. The molecule has 0 unspecified atom stereocenters. The van der Waals surface area contributed by atoms with Crippen molar-refractivity contribution < 1.29 is 17.9 Å². The quantitative estimate of drug-likeness (QED) is 0.645. The van der Waals surface area contributed by atoms with Gasteiger partial charge in [0.2, 0.25) is 10.0 Å². The second-order valence-corrected chi connectivity index (χ2v) is 6.20. The number of anilines is 1. The third-order valence-electron chi connectivity index (χ3n) is 2.46. The Morgan fingerprint density at radius 3 is 2.63 bits per heavy atom. The van der Waals surface area contributed by atoms with E-state index in [4.69, 9.17) is 11.6 Å². The van der Waals surface area contributed by atoms with E-state index in [-0.39, 0.29) is 5.75 Å². The maximum Gasteiger partial charge on any atom is 0.337 e. The van der Waals surface area contributed by atoms with Gasteiger partial charge in [0, 0.05) is 5.88 Å². The number of halogens is 1. The minimum atomic E-state index is -3.41. The number of hydrogen-bond donors (Lipinski definition) is 1. The number of esters is 1. The largest absolute Gasteiger partial charge is 0.465 e. The molecule has 7 heteroatoms. The smallest absolute Gasteiger partial charge is 0.337 e. The Kier molecular flexibility index (Phi) is 5.62. The van der Waals surface area contributed by atoms with Gasteiger partial charge in [0.25, 0.3) is 0 Å². The van der Waals surface area contributed by atoms with Crippen molar-refractivity contribution in [3.05, 3.63) is 29.3 Å². The molecule has 0 radical (unpaired) electrons. The number of nitrogens with one attached hydrogen (secondary N) is 1. The highest BCUT2D eigenvalue weighted by Gasteiger charge is 2.13. The summed E-state index contributed by atoms with van der Waals surface area (Å²) < 4.78 is 30.5. The lowest BCUT2D eigenvalue weighted by Gasteiger charge is -2.11. The Morgan fingerprint density at radius 2 is 2.11 bits per heavy atom. The number of benzene rings is 1. The van der Waals surface area contributed by atoms with Gasteiger partial charge in [-0.2, -0.15) is 0 Å². The van der Waals surface area contributed by atoms with E-state index in [9.17, 15) is 13.2 Å². The second-order valence-electron chi connectivity index (χ2n) is 3.98. The summed E-state index contributed by atoms with van der Waals surface area (Å²) in [6.45, 7) is 1.71. The van der Waals surface area contributed by atoms with Gasteiger partial charge in [-0.1, -0.05) is 0 Å². The molecule has 0 saturated heterocycles. The summed E-state index contributed by atoms with van der Waals surface area (Å²) in [5, 5.41) is 0. The molecule has 1 aromatic rings. The van der Waals surface area contributed by atoms with Crippen LogP contribution in [-0.2, 0) is 14.8 Å². The molecule has 106 valence electrons. The van der Waals surface area contributed by atoms with Gasteiger partial charge in [-0.15, -0.1) is 11.6 Å². The van der Waals surface area contributed by atoms with Crippen LogP contribution in [0.15, 0.2) is 18.2 Å². The molecule has 0 saturated carbocycles. The number of rotatable bonds is 6. The molecular formula is C12H16ClNO4S. The Balaban J connectivity index is 2.89. The van der Waals surface area contributed by atoms with E-state index in [0.29, 0.717) is 29.1 Å². The van der Waals surface area contributed by atoms with Crippen molar-refractivity contribution in [1.82, 2.24) is 0 Å². The summed E-state index contributed by atoms with van der Waals surface area (Å²) in [5.74, 6) is -0.199. The van der Waals surface area contributed by atoms with E-state index in [1.807, 2.05) is 0 Å². The highest BCUT2D eigenvalue weighted by atomic mass is 35.5. The molecule has 0 atom stereocenters. The zero-order valence-electron chi connectivity index (χ0n) is 10.8. The fraction of sp³-hybridized carbons (Fsp3) is 0.417. The standard InChI is InChI=1S/C12H16ClNO4S/c1-9-8-10(12(15)18-2)4-5-11(9)14-19(16,17)7-3-6-13/h4-5,8,14H,3,6-7H2,1-2H3. The Bertz CT molecular complexity index is 557. The number of carbonyl (C=O) groups is 1. The van der Waals surface area contributed by atoms with Crippen molar-refractivity contribution in [2.45, 2.75) is 13.3 Å². The first-order valence-corrected chi connectivity index (χ1v) is 7.83. The second kappa shape index (κ2) is 6.77. The number of ether oxygens (including phenoxy) is 1. The Morgan fingerprint density at radius 1 is 1.42 bits per heavy atom. The molecule has 0 aliphatic rings. The van der Waals surface area contributed by atoms with E-state index in [0.717, 1.165) is 0 Å². The van der Waals surface area contributed by atoms with Crippen LogP contribution >= 0.6 is 11.6 Å². The molecule has 0 amide bonds. The van der Waals surface area contributed by atoms with E-state index in [1.54, 1.807) is 19.1 Å². The number of aryl methyl sites for hydroxylation is 1. The minimum absolute atomic E-state index is 0.0330. The molecule has 1 N–H and O–H groups in total. The zero-order valence-corrected chi connectivity index (χ0v) is 12.3. The molecule has 0 heterocycles. The van der Waals surface area contributed by atoms with Gasteiger partial charge >= 0.3 is 5.97 Å². The lowest BCUT2D eigenvalue weighted by Crippen LogP contribution is -2.17. The Hall–Kier alpha value is -1.27. The van der Waals surface area contributed by atoms with Crippen molar-refractivity contribution in [1.29, 1.82) is 0 Å². The van der Waals surface area contributed by atoms with E-state index in [1.165, 1.54) is 13.2 Å². The molecule has 0 fully saturated rings. The molecule has 1 aromatic carbocycles. The van der Waals surface area contributed by atoms with Crippen LogP contribution in [0.4, 0.5) is 5.69 Å².